The highest BCUT2D eigenvalue weighted by Gasteiger charge is 2.33. The van der Waals surface area contributed by atoms with Gasteiger partial charge >= 0.3 is 0 Å². The Balaban J connectivity index is 0. The Morgan fingerprint density at radius 3 is 1.29 bits per heavy atom. The van der Waals surface area contributed by atoms with E-state index in [1.165, 1.54) is 4.90 Å². The molecule has 0 radical (unpaired) electrons. The Morgan fingerprint density at radius 1 is 0.643 bits per heavy atom. The minimum atomic E-state index is -0.300. The predicted molar refractivity (Wildman–Crippen MR) is 113 cm³/mol. The number of amides is 4. The highest BCUT2D eigenvalue weighted by Crippen LogP contribution is 2.21. The van der Waals surface area contributed by atoms with Gasteiger partial charge in [-0.05, 0) is 31.2 Å². The third-order valence-corrected chi connectivity index (χ3v) is 3.84. The smallest absolute Gasteiger partial charge is 0.261 e. The zero-order valence-corrected chi connectivity index (χ0v) is 12.9. The lowest BCUT2D eigenvalue weighted by Crippen LogP contribution is -2.29. The van der Waals surface area contributed by atoms with Gasteiger partial charge in [-0.15, -0.1) is 0 Å². The molecule has 0 aliphatic carbocycles. The summed E-state index contributed by atoms with van der Waals surface area (Å²) in [6.45, 7) is 2.23. The molecule has 0 unspecified atom stereocenters. The van der Waals surface area contributed by atoms with Gasteiger partial charge in [0.05, 0.1) is 22.3 Å². The molecular weight excluding hydrogens is 356 g/mol. The van der Waals surface area contributed by atoms with E-state index in [1.54, 1.807) is 55.5 Å². The largest absolute Gasteiger partial charge is 0.288 e. The SMILES string of the molecule is C.C.C.C.CCN1C(=O)c2ccccc2C1=O.O=C1NC(=O)c2ccccc21. The molecule has 0 fully saturated rings. The lowest BCUT2D eigenvalue weighted by atomic mass is 10.1. The summed E-state index contributed by atoms with van der Waals surface area (Å²) in [5, 5.41) is 2.20. The number of benzene rings is 2. The number of hydrogen-bond acceptors (Lipinski definition) is 4. The van der Waals surface area contributed by atoms with Crippen LogP contribution in [0.2, 0.25) is 0 Å². The molecule has 152 valence electrons. The van der Waals surface area contributed by atoms with Gasteiger partial charge in [0.1, 0.15) is 0 Å². The van der Waals surface area contributed by atoms with Gasteiger partial charge in [0.15, 0.2) is 0 Å². The monoisotopic (exact) mass is 386 g/mol. The van der Waals surface area contributed by atoms with Crippen LogP contribution >= 0.6 is 0 Å². The van der Waals surface area contributed by atoms with Crippen molar-refractivity contribution in [3.63, 3.8) is 0 Å². The summed E-state index contributed by atoms with van der Waals surface area (Å²) < 4.78 is 0. The summed E-state index contributed by atoms with van der Waals surface area (Å²) >= 11 is 0. The van der Waals surface area contributed by atoms with Crippen molar-refractivity contribution in [2.45, 2.75) is 36.6 Å². The normalized spacial score (nSPS) is 12.7. The third kappa shape index (κ3) is 4.52. The molecule has 4 rings (SSSR count). The van der Waals surface area contributed by atoms with E-state index >= 15 is 0 Å². The van der Waals surface area contributed by atoms with Crippen molar-refractivity contribution in [3.8, 4) is 0 Å². The maximum atomic E-state index is 11.5. The first-order chi connectivity index (χ1) is 11.5. The number of nitrogens with one attached hydrogen (secondary N) is 1. The van der Waals surface area contributed by atoms with Crippen molar-refractivity contribution >= 4 is 23.6 Å². The number of carbonyl (C=O) groups is 4. The minimum Gasteiger partial charge on any atom is -0.288 e. The van der Waals surface area contributed by atoms with Crippen molar-refractivity contribution in [1.29, 1.82) is 0 Å². The van der Waals surface area contributed by atoms with E-state index in [0.717, 1.165) is 0 Å². The molecule has 2 aliphatic rings. The second kappa shape index (κ2) is 10.8. The molecule has 0 saturated carbocycles. The van der Waals surface area contributed by atoms with Crippen LogP contribution in [0.3, 0.4) is 0 Å². The Labute approximate surface area is 167 Å². The standard InChI is InChI=1S/C10H9NO2.C8H5NO2.4CH4/c1-2-11-9(12)7-5-3-4-6-8(7)10(11)13;10-7-5-3-1-2-4-6(5)8(11)9-7;;;;/h3-6H,2H2,1H3;1-4H,(H,9,10,11);4*1H4. The summed E-state index contributed by atoms with van der Waals surface area (Å²) in [5.41, 5.74) is 1.98. The van der Waals surface area contributed by atoms with Crippen molar-refractivity contribution in [2.24, 2.45) is 0 Å². The van der Waals surface area contributed by atoms with Gasteiger partial charge < -0.3 is 0 Å². The number of carbonyl (C=O) groups excluding carboxylic acids is 4. The van der Waals surface area contributed by atoms with Gasteiger partial charge in [0.25, 0.3) is 23.6 Å². The van der Waals surface area contributed by atoms with Crippen molar-refractivity contribution in [3.05, 3.63) is 70.8 Å². The lowest BCUT2D eigenvalue weighted by Gasteiger charge is -2.08. The van der Waals surface area contributed by atoms with Gasteiger partial charge in [-0.25, -0.2) is 0 Å². The number of nitrogens with zero attached hydrogens (tertiary/aromatic N) is 1. The van der Waals surface area contributed by atoms with Crippen LogP contribution in [-0.4, -0.2) is 35.1 Å². The number of fused-ring (bicyclic) bond motifs is 2. The van der Waals surface area contributed by atoms with E-state index in [0.29, 0.717) is 28.8 Å². The lowest BCUT2D eigenvalue weighted by molar-refractivity contribution is 0.0661. The molecule has 0 aromatic heterocycles. The molecule has 4 amide bonds. The maximum absolute atomic E-state index is 11.5. The Kier molecular flexibility index (Phi) is 10.4. The van der Waals surface area contributed by atoms with Crippen LogP contribution in [0, 0.1) is 0 Å². The van der Waals surface area contributed by atoms with Crippen molar-refractivity contribution in [1.82, 2.24) is 10.2 Å². The van der Waals surface area contributed by atoms with E-state index in [1.807, 2.05) is 0 Å². The van der Waals surface area contributed by atoms with Crippen molar-refractivity contribution < 1.29 is 19.2 Å². The number of rotatable bonds is 1. The van der Waals surface area contributed by atoms with Gasteiger partial charge in [0, 0.05) is 6.54 Å². The van der Waals surface area contributed by atoms with Crippen LogP contribution in [0.4, 0.5) is 0 Å². The van der Waals surface area contributed by atoms with Crippen LogP contribution in [0.15, 0.2) is 48.5 Å². The quantitative estimate of drug-likeness (QED) is 0.736. The molecule has 0 spiro atoms. The highest BCUT2D eigenvalue weighted by atomic mass is 16.2. The molecule has 2 heterocycles. The highest BCUT2D eigenvalue weighted by molar-refractivity contribution is 6.22. The molecule has 2 aromatic rings. The molecule has 6 heteroatoms. The zero-order valence-electron chi connectivity index (χ0n) is 12.9. The minimum absolute atomic E-state index is 0. The Bertz CT molecular complexity index is 806. The van der Waals surface area contributed by atoms with Gasteiger partial charge in [0.2, 0.25) is 0 Å². The summed E-state index contributed by atoms with van der Waals surface area (Å²) in [5.74, 6) is -0.956. The molecule has 0 atom stereocenters. The van der Waals surface area contributed by atoms with Crippen LogP contribution in [0.25, 0.3) is 0 Å². The predicted octanol–water partition coefficient (Wildman–Crippen LogP) is 4.42. The first-order valence-corrected chi connectivity index (χ1v) is 7.44. The summed E-state index contributed by atoms with van der Waals surface area (Å²) in [7, 11) is 0. The van der Waals surface area contributed by atoms with Gasteiger partial charge in [-0.3, -0.25) is 29.4 Å². The number of hydrogen-bond donors (Lipinski definition) is 1. The van der Waals surface area contributed by atoms with E-state index < -0.39 is 0 Å². The molecule has 2 aromatic carbocycles. The fraction of sp³-hybridized carbons (Fsp3) is 0.273. The molecule has 0 saturated heterocycles. The van der Waals surface area contributed by atoms with Crippen LogP contribution < -0.4 is 5.32 Å². The summed E-state index contributed by atoms with van der Waals surface area (Å²) in [6.07, 6.45) is 0. The van der Waals surface area contributed by atoms with Gasteiger partial charge in [-0.2, -0.15) is 0 Å². The zero-order chi connectivity index (χ0) is 17.3. The molecule has 2 aliphatic heterocycles. The summed E-state index contributed by atoms with van der Waals surface area (Å²) in [6, 6.07) is 13.6. The fourth-order valence-electron chi connectivity index (χ4n) is 2.64. The third-order valence-electron chi connectivity index (χ3n) is 3.84. The molecule has 1 N–H and O–H groups in total. The fourth-order valence-corrected chi connectivity index (χ4v) is 2.64. The van der Waals surface area contributed by atoms with Crippen LogP contribution in [-0.2, 0) is 0 Å². The van der Waals surface area contributed by atoms with E-state index in [2.05, 4.69) is 5.32 Å². The van der Waals surface area contributed by atoms with E-state index in [9.17, 15) is 19.2 Å². The second-order valence-corrected chi connectivity index (χ2v) is 5.23. The Morgan fingerprint density at radius 2 is 0.964 bits per heavy atom. The first kappa shape index (κ1) is 26.9. The topological polar surface area (TPSA) is 83.6 Å². The molecule has 6 nitrogen and oxygen atoms in total. The average molecular weight is 386 g/mol. The van der Waals surface area contributed by atoms with E-state index in [4.69, 9.17) is 0 Å². The average Bonchev–Trinajstić information content (AvgIpc) is 3.03. The summed E-state index contributed by atoms with van der Waals surface area (Å²) in [4.78, 5) is 46.2. The maximum Gasteiger partial charge on any atom is 0.261 e. The molecule has 28 heavy (non-hydrogen) atoms. The number of imide groups is 2. The molecule has 0 bridgehead atoms. The van der Waals surface area contributed by atoms with Crippen LogP contribution in [0.5, 0.6) is 0 Å². The molecular formula is C22H30N2O4. The van der Waals surface area contributed by atoms with Gasteiger partial charge in [-0.1, -0.05) is 54.0 Å². The van der Waals surface area contributed by atoms with Crippen molar-refractivity contribution in [2.75, 3.05) is 6.54 Å². The van der Waals surface area contributed by atoms with E-state index in [-0.39, 0.29) is 53.3 Å². The first-order valence-electron chi connectivity index (χ1n) is 7.44. The second-order valence-electron chi connectivity index (χ2n) is 5.23. The Hall–Kier alpha value is -3.28. The van der Waals surface area contributed by atoms with Crippen LogP contribution in [0.1, 0.15) is 78.1 Å².